The molecule has 0 radical (unpaired) electrons. The minimum absolute atomic E-state index is 0.217. The van der Waals surface area contributed by atoms with Crippen molar-refractivity contribution in [2.24, 2.45) is 7.05 Å². The summed E-state index contributed by atoms with van der Waals surface area (Å²) in [6, 6.07) is 14.7. The average Bonchev–Trinajstić information content (AvgIpc) is 3.13. The van der Waals surface area contributed by atoms with Crippen molar-refractivity contribution in [2.45, 2.75) is 0 Å². The molecule has 140 valence electrons. The molecule has 0 saturated carbocycles. The fourth-order valence-electron chi connectivity index (χ4n) is 2.99. The van der Waals surface area contributed by atoms with Crippen LogP contribution >= 0.6 is 15.9 Å². The predicted molar refractivity (Wildman–Crippen MR) is 113 cm³/mol. The van der Waals surface area contributed by atoms with Crippen molar-refractivity contribution in [3.8, 4) is 17.3 Å². The number of carbonyl (C=O) groups is 1. The average molecular weight is 437 g/mol. The van der Waals surface area contributed by atoms with Crippen LogP contribution in [0.25, 0.3) is 22.4 Å². The number of nitrogens with one attached hydrogen (secondary N) is 1. The van der Waals surface area contributed by atoms with Crippen LogP contribution in [0.3, 0.4) is 0 Å². The van der Waals surface area contributed by atoms with Crippen molar-refractivity contribution in [3.63, 3.8) is 0 Å². The number of anilines is 1. The Morgan fingerprint density at radius 2 is 1.93 bits per heavy atom. The first-order valence-electron chi connectivity index (χ1n) is 8.58. The molecule has 0 aliphatic heterocycles. The molecule has 0 aliphatic rings. The molecular formula is C21H17BrN4O2. The zero-order valence-electron chi connectivity index (χ0n) is 15.3. The summed E-state index contributed by atoms with van der Waals surface area (Å²) in [5.74, 6) is 1.21. The highest BCUT2D eigenvalue weighted by atomic mass is 79.9. The van der Waals surface area contributed by atoms with Gasteiger partial charge in [-0.15, -0.1) is 0 Å². The van der Waals surface area contributed by atoms with Gasteiger partial charge in [-0.25, -0.2) is 9.97 Å². The van der Waals surface area contributed by atoms with E-state index in [1.54, 1.807) is 43.6 Å². The summed E-state index contributed by atoms with van der Waals surface area (Å²) in [6.45, 7) is 0. The molecule has 0 unspecified atom stereocenters. The fourth-order valence-corrected chi connectivity index (χ4v) is 3.35. The van der Waals surface area contributed by atoms with Crippen molar-refractivity contribution in [2.75, 3.05) is 12.4 Å². The van der Waals surface area contributed by atoms with Crippen molar-refractivity contribution < 1.29 is 9.53 Å². The molecule has 2 aromatic heterocycles. The van der Waals surface area contributed by atoms with Crippen LogP contribution < -0.4 is 10.1 Å². The van der Waals surface area contributed by atoms with Crippen LogP contribution in [0.5, 0.6) is 5.75 Å². The number of methoxy groups -OCH3 is 1. The molecule has 4 aromatic rings. The third-order valence-corrected chi connectivity index (χ3v) is 4.91. The van der Waals surface area contributed by atoms with Gasteiger partial charge < -0.3 is 14.6 Å². The van der Waals surface area contributed by atoms with Gasteiger partial charge in [-0.2, -0.15) is 0 Å². The fraction of sp³-hybridized carbons (Fsp3) is 0.0952. The Kier molecular flexibility index (Phi) is 4.83. The molecule has 2 aromatic carbocycles. The number of imidazole rings is 1. The molecular weight excluding hydrogens is 420 g/mol. The summed E-state index contributed by atoms with van der Waals surface area (Å²) in [7, 11) is 3.50. The second-order valence-corrected chi connectivity index (χ2v) is 7.18. The van der Waals surface area contributed by atoms with Gasteiger partial charge in [0.1, 0.15) is 11.4 Å². The molecule has 1 amide bonds. The van der Waals surface area contributed by atoms with Gasteiger partial charge in [-0.3, -0.25) is 4.79 Å². The summed E-state index contributed by atoms with van der Waals surface area (Å²) in [6.07, 6.45) is 3.56. The first kappa shape index (κ1) is 18.2. The number of benzene rings is 2. The molecule has 4 rings (SSSR count). The van der Waals surface area contributed by atoms with E-state index in [4.69, 9.17) is 9.72 Å². The smallest absolute Gasteiger partial charge is 0.256 e. The Morgan fingerprint density at radius 1 is 1.14 bits per heavy atom. The van der Waals surface area contributed by atoms with E-state index < -0.39 is 0 Å². The number of rotatable bonds is 4. The molecule has 7 heteroatoms. The molecule has 28 heavy (non-hydrogen) atoms. The SMILES string of the molecule is COc1ccc(NC(=O)c2cc(-c3nccn3C)nc3ccc(Br)cc23)cc1. The van der Waals surface area contributed by atoms with Crippen molar-refractivity contribution in [1.29, 1.82) is 0 Å². The van der Waals surface area contributed by atoms with Crippen molar-refractivity contribution >= 4 is 38.4 Å². The van der Waals surface area contributed by atoms with Crippen LogP contribution in [0.1, 0.15) is 10.4 Å². The normalized spacial score (nSPS) is 10.8. The largest absolute Gasteiger partial charge is 0.497 e. The standard InChI is InChI=1S/C21H17BrN4O2/c1-26-10-9-23-20(26)19-12-17(16-11-13(22)3-8-18(16)25-19)21(27)24-14-4-6-15(28-2)7-5-14/h3-12H,1-2H3,(H,24,27). The van der Waals surface area contributed by atoms with Gasteiger partial charge in [0.25, 0.3) is 5.91 Å². The molecule has 0 aliphatic carbocycles. The van der Waals surface area contributed by atoms with E-state index in [1.165, 1.54) is 0 Å². The van der Waals surface area contributed by atoms with E-state index in [0.717, 1.165) is 21.1 Å². The van der Waals surface area contributed by atoms with Crippen LogP contribution in [-0.4, -0.2) is 27.6 Å². The molecule has 1 N–H and O–H groups in total. The molecule has 6 nitrogen and oxygen atoms in total. The predicted octanol–water partition coefficient (Wildman–Crippen LogP) is 4.66. The van der Waals surface area contributed by atoms with E-state index >= 15 is 0 Å². The van der Waals surface area contributed by atoms with Gasteiger partial charge in [-0.05, 0) is 48.5 Å². The highest BCUT2D eigenvalue weighted by Crippen LogP contribution is 2.27. The van der Waals surface area contributed by atoms with Gasteiger partial charge in [0.2, 0.25) is 0 Å². The number of halogens is 1. The highest BCUT2D eigenvalue weighted by molar-refractivity contribution is 9.10. The number of aryl methyl sites for hydroxylation is 1. The van der Waals surface area contributed by atoms with Gasteiger partial charge in [0.05, 0.1) is 18.2 Å². The summed E-state index contributed by atoms with van der Waals surface area (Å²) in [4.78, 5) is 22.1. The number of carbonyl (C=O) groups excluding carboxylic acids is 1. The molecule has 0 fully saturated rings. The Balaban J connectivity index is 1.80. The van der Waals surface area contributed by atoms with Crippen LogP contribution in [-0.2, 0) is 7.05 Å². The summed E-state index contributed by atoms with van der Waals surface area (Å²) < 4.78 is 7.92. The summed E-state index contributed by atoms with van der Waals surface area (Å²) in [5.41, 5.74) is 2.58. The van der Waals surface area contributed by atoms with E-state index in [0.29, 0.717) is 22.8 Å². The van der Waals surface area contributed by atoms with Crippen LogP contribution in [0.2, 0.25) is 0 Å². The van der Waals surface area contributed by atoms with E-state index in [2.05, 4.69) is 26.2 Å². The number of hydrogen-bond acceptors (Lipinski definition) is 4. The zero-order chi connectivity index (χ0) is 19.7. The quantitative estimate of drug-likeness (QED) is 0.504. The Labute approximate surface area is 170 Å². The van der Waals surface area contributed by atoms with E-state index in [-0.39, 0.29) is 5.91 Å². The van der Waals surface area contributed by atoms with Crippen LogP contribution in [0.4, 0.5) is 5.69 Å². The minimum Gasteiger partial charge on any atom is -0.497 e. The van der Waals surface area contributed by atoms with Crippen LogP contribution in [0, 0.1) is 0 Å². The van der Waals surface area contributed by atoms with Crippen molar-refractivity contribution in [3.05, 3.63) is 71.0 Å². The highest BCUT2D eigenvalue weighted by Gasteiger charge is 2.16. The molecule has 0 atom stereocenters. The maximum atomic E-state index is 13.1. The lowest BCUT2D eigenvalue weighted by molar-refractivity contribution is 0.102. The van der Waals surface area contributed by atoms with Gasteiger partial charge >= 0.3 is 0 Å². The van der Waals surface area contributed by atoms with Crippen molar-refractivity contribution in [1.82, 2.24) is 14.5 Å². The molecule has 0 spiro atoms. The number of ether oxygens (including phenoxy) is 1. The number of nitrogens with zero attached hydrogens (tertiary/aromatic N) is 3. The third kappa shape index (κ3) is 3.48. The Bertz CT molecular complexity index is 1170. The topological polar surface area (TPSA) is 69.0 Å². The number of fused-ring (bicyclic) bond motifs is 1. The lowest BCUT2D eigenvalue weighted by Crippen LogP contribution is -2.13. The first-order valence-corrected chi connectivity index (χ1v) is 9.38. The molecule has 0 bridgehead atoms. The maximum Gasteiger partial charge on any atom is 0.256 e. The number of amides is 1. The third-order valence-electron chi connectivity index (χ3n) is 4.41. The second kappa shape index (κ2) is 7.44. The maximum absolute atomic E-state index is 13.1. The molecule has 0 saturated heterocycles. The van der Waals surface area contributed by atoms with E-state index in [1.807, 2.05) is 36.0 Å². The Hall–Kier alpha value is -3.19. The first-order chi connectivity index (χ1) is 13.5. The zero-order valence-corrected chi connectivity index (χ0v) is 16.9. The van der Waals surface area contributed by atoms with Gasteiger partial charge in [-0.1, -0.05) is 15.9 Å². The summed E-state index contributed by atoms with van der Waals surface area (Å²) in [5, 5.41) is 3.71. The lowest BCUT2D eigenvalue weighted by atomic mass is 10.1. The minimum atomic E-state index is -0.217. The van der Waals surface area contributed by atoms with Crippen LogP contribution in [0.15, 0.2) is 65.4 Å². The monoisotopic (exact) mass is 436 g/mol. The number of aromatic nitrogens is 3. The van der Waals surface area contributed by atoms with Gasteiger partial charge in [0.15, 0.2) is 5.82 Å². The second-order valence-electron chi connectivity index (χ2n) is 6.26. The lowest BCUT2D eigenvalue weighted by Gasteiger charge is -2.11. The number of hydrogen-bond donors (Lipinski definition) is 1. The Morgan fingerprint density at radius 3 is 2.61 bits per heavy atom. The van der Waals surface area contributed by atoms with E-state index in [9.17, 15) is 4.79 Å². The molecule has 2 heterocycles. The number of pyridine rings is 1. The van der Waals surface area contributed by atoms with Gasteiger partial charge in [0, 0.05) is 35.0 Å². The summed E-state index contributed by atoms with van der Waals surface area (Å²) >= 11 is 3.48.